The predicted molar refractivity (Wildman–Crippen MR) is 74.2 cm³/mol. The van der Waals surface area contributed by atoms with Gasteiger partial charge in [-0.15, -0.1) is 21.6 Å². The molecular weight excluding hydrogens is 238 g/mol. The molecule has 0 bridgehead atoms. The largest absolute Gasteiger partial charge is 0.363 e. The summed E-state index contributed by atoms with van der Waals surface area (Å²) in [6, 6.07) is 7.95. The number of nitrogens with zero attached hydrogens (tertiary/aromatic N) is 4. The Morgan fingerprint density at radius 3 is 2.89 bits per heavy atom. The zero-order valence-corrected chi connectivity index (χ0v) is 11.0. The van der Waals surface area contributed by atoms with E-state index in [-0.39, 0.29) is 5.69 Å². The maximum atomic E-state index is 9.07. The van der Waals surface area contributed by atoms with Crippen molar-refractivity contribution >= 4 is 5.82 Å². The molecule has 1 aromatic carbocycles. The van der Waals surface area contributed by atoms with Crippen molar-refractivity contribution in [1.29, 1.82) is 5.26 Å². The maximum Gasteiger partial charge on any atom is 0.207 e. The van der Waals surface area contributed by atoms with Crippen LogP contribution in [-0.2, 0) is 0 Å². The van der Waals surface area contributed by atoms with Crippen LogP contribution in [0.1, 0.15) is 16.8 Å². The van der Waals surface area contributed by atoms with Crippen molar-refractivity contribution < 1.29 is 0 Å². The van der Waals surface area contributed by atoms with Gasteiger partial charge in [0.05, 0.1) is 5.69 Å². The summed E-state index contributed by atoms with van der Waals surface area (Å²) in [7, 11) is 0. The van der Waals surface area contributed by atoms with Crippen LogP contribution in [0, 0.1) is 25.2 Å². The highest BCUT2D eigenvalue weighted by atomic mass is 15.5. The first-order valence-electron chi connectivity index (χ1n) is 5.96. The number of nitrogens with one attached hydrogen (secondary N) is 1. The number of hydrogen-bond donors (Lipinski definition) is 1. The van der Waals surface area contributed by atoms with E-state index in [0.29, 0.717) is 12.4 Å². The van der Waals surface area contributed by atoms with Crippen molar-refractivity contribution in [3.8, 4) is 11.8 Å². The van der Waals surface area contributed by atoms with Crippen LogP contribution in [0.4, 0.5) is 5.82 Å². The molecule has 0 amide bonds. The first-order valence-corrected chi connectivity index (χ1v) is 5.96. The lowest BCUT2D eigenvalue weighted by Gasteiger charge is -2.06. The van der Waals surface area contributed by atoms with Gasteiger partial charge in [0.2, 0.25) is 5.69 Å². The van der Waals surface area contributed by atoms with Gasteiger partial charge < -0.3 is 5.32 Å². The van der Waals surface area contributed by atoms with Crippen LogP contribution in [0.3, 0.4) is 0 Å². The lowest BCUT2D eigenvalue weighted by Crippen LogP contribution is -2.04. The fraction of sp³-hybridized carbons (Fsp3) is 0.214. The molecule has 0 radical (unpaired) electrons. The predicted octanol–water partition coefficient (Wildman–Crippen LogP) is 2.35. The van der Waals surface area contributed by atoms with Gasteiger partial charge in [-0.05, 0) is 31.0 Å². The van der Waals surface area contributed by atoms with Gasteiger partial charge >= 0.3 is 0 Å². The van der Waals surface area contributed by atoms with E-state index in [0.717, 1.165) is 16.8 Å². The number of anilines is 1. The minimum Gasteiger partial charge on any atom is -0.363 e. The number of benzene rings is 1. The molecule has 0 aliphatic heterocycles. The highest BCUT2D eigenvalue weighted by molar-refractivity contribution is 5.50. The van der Waals surface area contributed by atoms with Crippen molar-refractivity contribution in [3.63, 3.8) is 0 Å². The van der Waals surface area contributed by atoms with E-state index in [2.05, 4.69) is 22.1 Å². The Bertz CT molecular complexity index is 648. The zero-order chi connectivity index (χ0) is 13.8. The Labute approximate surface area is 112 Å². The molecule has 1 aromatic heterocycles. The fourth-order valence-corrected chi connectivity index (χ4v) is 1.73. The standard InChI is InChI=1S/C14H15N5/c1-4-8-16-14-12(9-15)17-19(18-14)13-7-5-6-10(2)11(13)3/h4-7H,1,8H2,2-3H3,(H,16,18). The molecule has 0 aliphatic rings. The summed E-state index contributed by atoms with van der Waals surface area (Å²) in [5.74, 6) is 0.475. The molecule has 2 aromatic rings. The molecule has 0 atom stereocenters. The fourth-order valence-electron chi connectivity index (χ4n) is 1.73. The monoisotopic (exact) mass is 253 g/mol. The number of hydrogen-bond acceptors (Lipinski definition) is 4. The molecule has 0 saturated heterocycles. The smallest absolute Gasteiger partial charge is 0.207 e. The van der Waals surface area contributed by atoms with E-state index >= 15 is 0 Å². The molecule has 96 valence electrons. The van der Waals surface area contributed by atoms with E-state index in [4.69, 9.17) is 5.26 Å². The molecule has 0 aliphatic carbocycles. The van der Waals surface area contributed by atoms with E-state index in [1.54, 1.807) is 6.08 Å². The molecule has 5 nitrogen and oxygen atoms in total. The van der Waals surface area contributed by atoms with Gasteiger partial charge in [-0.3, -0.25) is 0 Å². The second kappa shape index (κ2) is 5.36. The normalized spacial score (nSPS) is 9.95. The first kappa shape index (κ1) is 12.8. The maximum absolute atomic E-state index is 9.07. The van der Waals surface area contributed by atoms with Crippen LogP contribution in [0.2, 0.25) is 0 Å². The van der Waals surface area contributed by atoms with Crippen molar-refractivity contribution in [2.45, 2.75) is 13.8 Å². The van der Waals surface area contributed by atoms with Crippen molar-refractivity contribution in [3.05, 3.63) is 47.7 Å². The second-order valence-corrected chi connectivity index (χ2v) is 4.19. The molecule has 1 N–H and O–H groups in total. The van der Waals surface area contributed by atoms with Crippen LogP contribution in [0.15, 0.2) is 30.9 Å². The van der Waals surface area contributed by atoms with Crippen molar-refractivity contribution in [2.75, 3.05) is 11.9 Å². The molecule has 0 saturated carbocycles. The van der Waals surface area contributed by atoms with Crippen LogP contribution in [-0.4, -0.2) is 21.5 Å². The molecule has 2 rings (SSSR count). The summed E-state index contributed by atoms with van der Waals surface area (Å²) < 4.78 is 0. The van der Waals surface area contributed by atoms with Crippen LogP contribution < -0.4 is 5.32 Å². The molecular formula is C14H15N5. The third-order valence-electron chi connectivity index (χ3n) is 2.92. The Hall–Kier alpha value is -2.61. The van der Waals surface area contributed by atoms with Gasteiger partial charge in [0.25, 0.3) is 0 Å². The molecule has 0 spiro atoms. The summed E-state index contributed by atoms with van der Waals surface area (Å²) >= 11 is 0. The van der Waals surface area contributed by atoms with Crippen LogP contribution >= 0.6 is 0 Å². The Kier molecular flexibility index (Phi) is 3.62. The van der Waals surface area contributed by atoms with Gasteiger partial charge in [-0.1, -0.05) is 18.2 Å². The van der Waals surface area contributed by atoms with E-state index in [1.165, 1.54) is 4.80 Å². The average molecular weight is 253 g/mol. The van der Waals surface area contributed by atoms with Gasteiger partial charge in [-0.25, -0.2) is 0 Å². The Morgan fingerprint density at radius 1 is 1.42 bits per heavy atom. The minimum absolute atomic E-state index is 0.280. The highest BCUT2D eigenvalue weighted by Crippen LogP contribution is 2.18. The van der Waals surface area contributed by atoms with Crippen LogP contribution in [0.5, 0.6) is 0 Å². The summed E-state index contributed by atoms with van der Waals surface area (Å²) in [6.45, 7) is 8.21. The first-order chi connectivity index (χ1) is 9.17. The Morgan fingerprint density at radius 2 is 2.21 bits per heavy atom. The summed E-state index contributed by atoms with van der Waals surface area (Å²) in [5, 5.41) is 20.6. The number of rotatable bonds is 4. The quantitative estimate of drug-likeness (QED) is 0.849. The van der Waals surface area contributed by atoms with Gasteiger partial charge in [0, 0.05) is 6.54 Å². The second-order valence-electron chi connectivity index (χ2n) is 4.19. The molecule has 19 heavy (non-hydrogen) atoms. The lowest BCUT2D eigenvalue weighted by molar-refractivity contribution is 0.744. The van der Waals surface area contributed by atoms with Crippen LogP contribution in [0.25, 0.3) is 5.69 Å². The molecule has 0 unspecified atom stereocenters. The van der Waals surface area contributed by atoms with Gasteiger partial charge in [0.1, 0.15) is 6.07 Å². The minimum atomic E-state index is 0.280. The van der Waals surface area contributed by atoms with E-state index < -0.39 is 0 Å². The third-order valence-corrected chi connectivity index (χ3v) is 2.92. The topological polar surface area (TPSA) is 66.5 Å². The van der Waals surface area contributed by atoms with Gasteiger partial charge in [0.15, 0.2) is 5.82 Å². The highest BCUT2D eigenvalue weighted by Gasteiger charge is 2.12. The van der Waals surface area contributed by atoms with Gasteiger partial charge in [-0.2, -0.15) is 5.26 Å². The number of aromatic nitrogens is 3. The SMILES string of the molecule is C=CCNc1nn(-c2cccc(C)c2C)nc1C#N. The average Bonchev–Trinajstić information content (AvgIpc) is 2.82. The molecule has 5 heteroatoms. The Balaban J connectivity index is 2.46. The third kappa shape index (κ3) is 2.47. The van der Waals surface area contributed by atoms with Crippen molar-refractivity contribution in [2.24, 2.45) is 0 Å². The number of aryl methyl sites for hydroxylation is 1. The van der Waals surface area contributed by atoms with E-state index in [9.17, 15) is 0 Å². The molecule has 1 heterocycles. The lowest BCUT2D eigenvalue weighted by atomic mass is 10.1. The molecule has 0 fully saturated rings. The van der Waals surface area contributed by atoms with Crippen molar-refractivity contribution in [1.82, 2.24) is 15.0 Å². The summed E-state index contributed by atoms with van der Waals surface area (Å²) in [5.41, 5.74) is 3.41. The number of nitriles is 1. The summed E-state index contributed by atoms with van der Waals surface area (Å²) in [6.07, 6.45) is 1.71. The zero-order valence-electron chi connectivity index (χ0n) is 11.0. The van der Waals surface area contributed by atoms with E-state index in [1.807, 2.05) is 38.1 Å². The summed E-state index contributed by atoms with van der Waals surface area (Å²) in [4.78, 5) is 1.49.